The first-order valence-corrected chi connectivity index (χ1v) is 42.1. The Morgan fingerprint density at radius 2 is 0.862 bits per heavy atom. The summed E-state index contributed by atoms with van der Waals surface area (Å²) in [5, 5.41) is 84.9. The predicted molar refractivity (Wildman–Crippen MR) is 358 cm³/mol. The molecule has 0 radical (unpaired) electrons. The number of hydrogen-bond acceptors (Lipinski definition) is 42. The monoisotopic (exact) mass is 1820 g/mol. The van der Waals surface area contributed by atoms with Crippen LogP contribution in [-0.4, -0.2) is 363 Å². The van der Waals surface area contributed by atoms with Gasteiger partial charge in [-0.1, -0.05) is 60.7 Å². The number of aliphatic carboxylic acids is 2. The Balaban J connectivity index is 1.19. The molecule has 0 bridgehead atoms. The van der Waals surface area contributed by atoms with Crippen molar-refractivity contribution in [1.82, 2.24) is 25.4 Å². The Morgan fingerprint density at radius 3 is 1.36 bits per heavy atom. The molecule has 5 aliphatic heterocycles. The van der Waals surface area contributed by atoms with Crippen molar-refractivity contribution >= 4 is 103 Å². The van der Waals surface area contributed by atoms with Gasteiger partial charge in [-0.05, 0) is 17.5 Å². The van der Waals surface area contributed by atoms with Gasteiger partial charge in [0.1, 0.15) is 123 Å². The van der Waals surface area contributed by atoms with Crippen molar-refractivity contribution < 1.29 is 233 Å². The molecule has 0 saturated carbocycles. The minimum absolute atomic E-state index is 0.235. The molecule has 5 aliphatic rings. The number of carboxylic acid groups (broad SMARTS) is 2. The van der Waals surface area contributed by atoms with E-state index in [4.69, 9.17) is 70.3 Å². The number of hydrogen-bond donors (Lipinski definition) is 19. The second-order valence-corrected chi connectivity index (χ2v) is 32.4. The number of nitrogens with one attached hydrogen (secondary N) is 5. The average molecular weight is 1820 g/mol. The fourth-order valence-corrected chi connectivity index (χ4v) is 15.2. The highest BCUT2D eigenvalue weighted by Gasteiger charge is 2.62. The van der Waals surface area contributed by atoms with Gasteiger partial charge in [-0.15, -0.1) is 0 Å². The van der Waals surface area contributed by atoms with Crippen molar-refractivity contribution in [3.05, 3.63) is 71.8 Å². The molecule has 3 amide bonds. The fraction of sp³-hybridized carbons (Fsp3) is 0.679. The van der Waals surface area contributed by atoms with Crippen LogP contribution in [0.3, 0.4) is 0 Å². The second kappa shape index (κ2) is 40.9. The van der Waals surface area contributed by atoms with E-state index in [9.17, 15) is 146 Å². The van der Waals surface area contributed by atoms with E-state index in [0.29, 0.717) is 11.1 Å². The summed E-state index contributed by atoms with van der Waals surface area (Å²) in [5.74, 6) is -5.92. The van der Waals surface area contributed by atoms with Crippen LogP contribution < -0.4 is 25.4 Å². The van der Waals surface area contributed by atoms with Gasteiger partial charge in [0.05, 0.1) is 32.5 Å². The van der Waals surface area contributed by atoms with E-state index < -0.39 is 301 Å². The number of aliphatic hydroxyl groups is 5. The van der Waals surface area contributed by atoms with E-state index in [1.54, 1.807) is 60.7 Å². The summed E-state index contributed by atoms with van der Waals surface area (Å²) >= 11 is 0. The number of ether oxygens (including phenoxy) is 13. The number of methoxy groups -OCH3 is 2. The van der Waals surface area contributed by atoms with Crippen molar-refractivity contribution in [2.75, 3.05) is 47.1 Å². The lowest BCUT2D eigenvalue weighted by molar-refractivity contribution is -0.372. The van der Waals surface area contributed by atoms with Gasteiger partial charge in [0.15, 0.2) is 43.5 Å². The number of carbonyl (C=O) groups is 5. The molecular weight excluding hydrogens is 1750 g/mol. The number of amides is 3. The highest BCUT2D eigenvalue weighted by atomic mass is 32.3. The normalized spacial score (nSPS) is 32.7. The zero-order valence-corrected chi connectivity index (χ0v) is 64.4. The van der Waals surface area contributed by atoms with Crippen LogP contribution >= 0.6 is 0 Å². The Kier molecular flexibility index (Phi) is 34.2. The van der Waals surface area contributed by atoms with Crippen LogP contribution in [0.15, 0.2) is 60.7 Å². The van der Waals surface area contributed by atoms with E-state index in [1.165, 1.54) is 4.72 Å². The van der Waals surface area contributed by atoms with Crippen LogP contribution in [0.5, 0.6) is 0 Å². The van der Waals surface area contributed by atoms with Crippen LogP contribution in [0.2, 0.25) is 0 Å². The minimum Gasteiger partial charge on any atom is -0.479 e. The number of carbonyl (C=O) groups excluding carboxylic acids is 3. The number of alkyl carbamates (subject to hydrolysis) is 2. The molecule has 662 valence electrons. The summed E-state index contributed by atoms with van der Waals surface area (Å²) in [6.07, 6.45) is -66.8. The summed E-state index contributed by atoms with van der Waals surface area (Å²) < 4.78 is 339. The molecular formula is C53H77N5O51S7. The lowest BCUT2D eigenvalue weighted by Crippen LogP contribution is -2.71. The van der Waals surface area contributed by atoms with Gasteiger partial charge in [-0.2, -0.15) is 68.4 Å². The molecule has 0 spiro atoms. The molecule has 7 rings (SSSR count). The van der Waals surface area contributed by atoms with Gasteiger partial charge in [0.25, 0.3) is 0 Å². The maximum absolute atomic E-state index is 13.9. The molecule has 2 aromatic rings. The number of rotatable bonds is 40. The summed E-state index contributed by atoms with van der Waals surface area (Å²) in [6, 6.07) is 8.93. The number of benzene rings is 2. The van der Waals surface area contributed by atoms with E-state index in [-0.39, 0.29) is 13.2 Å². The first kappa shape index (κ1) is 97.0. The van der Waals surface area contributed by atoms with Crippen molar-refractivity contribution in [2.24, 2.45) is 0 Å². The van der Waals surface area contributed by atoms with E-state index in [0.717, 1.165) is 18.9 Å². The Morgan fingerprint density at radius 1 is 0.422 bits per heavy atom. The third kappa shape index (κ3) is 29.3. The van der Waals surface area contributed by atoms with E-state index in [1.807, 2.05) is 0 Å². The molecule has 2 aromatic carbocycles. The van der Waals surface area contributed by atoms with Gasteiger partial charge in [0, 0.05) is 20.8 Å². The molecule has 56 nitrogen and oxygen atoms in total. The topological polar surface area (TPSA) is 834 Å². The third-order valence-corrected chi connectivity index (χ3v) is 20.0. The van der Waals surface area contributed by atoms with Gasteiger partial charge >= 0.3 is 96.7 Å². The first-order valence-electron chi connectivity index (χ1n) is 32.4. The van der Waals surface area contributed by atoms with Crippen molar-refractivity contribution in [2.45, 2.75) is 179 Å². The zero-order chi connectivity index (χ0) is 86.5. The molecule has 0 aromatic heterocycles. The third-order valence-electron chi connectivity index (χ3n) is 16.6. The van der Waals surface area contributed by atoms with Crippen molar-refractivity contribution in [1.29, 1.82) is 0 Å². The molecule has 19 N–H and O–H groups in total. The second-order valence-electron chi connectivity index (χ2n) is 24.7. The molecule has 0 unspecified atom stereocenters. The smallest absolute Gasteiger partial charge is 0.408 e. The largest absolute Gasteiger partial charge is 0.479 e. The Labute approximate surface area is 655 Å². The molecule has 0 aliphatic carbocycles. The molecule has 5 saturated heterocycles. The van der Waals surface area contributed by atoms with E-state index >= 15 is 0 Å². The predicted octanol–water partition coefficient (Wildman–Crippen LogP) is -9.72. The SMILES string of the molecule is COC[C@H]1O[C@H](CCNC(=O)[C@@H](CNC(=O)OCc2ccccc2)NC(=O)OCc2ccccc2)[C@H](OC)[C@@H](OS(=O)(=O)O)[C@@H]1O[C@@H]1O[C@@H](C(=O)O)[C@@H](O[C@H]2O[C@H](COS(=O)(=O)O)[C@@H](O[C@@H]3O[C@H](C(=O)O)[C@@H](O[C@H]4O[C@H](COS(=O)(=O)O)[C@@H](O)[C@H](O)[C@H]4NS(=O)(=O)O)[C@H](O)[C@H]3O)[C@H](OS(=O)(=O)O)[C@H]2NS(=O)(=O)O)[C@H](O)[C@H]1OS(=O)(=O)O. The van der Waals surface area contributed by atoms with Crippen molar-refractivity contribution in [3.8, 4) is 0 Å². The maximum atomic E-state index is 13.9. The highest BCUT2D eigenvalue weighted by molar-refractivity contribution is 7.84. The van der Waals surface area contributed by atoms with Gasteiger partial charge in [-0.3, -0.25) is 36.7 Å². The van der Waals surface area contributed by atoms with Crippen LogP contribution in [0.1, 0.15) is 17.5 Å². The van der Waals surface area contributed by atoms with Crippen LogP contribution in [0.4, 0.5) is 9.59 Å². The lowest BCUT2D eigenvalue weighted by Gasteiger charge is -2.50. The molecule has 63 heteroatoms. The quantitative estimate of drug-likeness (QED) is 0.0276. The summed E-state index contributed by atoms with van der Waals surface area (Å²) in [5.41, 5.74) is 1.08. The molecule has 5 heterocycles. The molecule has 26 atom stereocenters. The van der Waals surface area contributed by atoms with Crippen LogP contribution in [0, 0.1) is 0 Å². The van der Waals surface area contributed by atoms with Gasteiger partial charge in [-0.25, -0.2) is 40.1 Å². The fourth-order valence-electron chi connectivity index (χ4n) is 11.9. The zero-order valence-electron chi connectivity index (χ0n) is 58.7. The summed E-state index contributed by atoms with van der Waals surface area (Å²) in [7, 11) is -39.7. The van der Waals surface area contributed by atoms with Crippen LogP contribution in [0.25, 0.3) is 0 Å². The number of carboxylic acids is 2. The molecule has 5 fully saturated rings. The number of aliphatic hydroxyl groups excluding tert-OH is 5. The minimum atomic E-state index is -6.38. The Bertz CT molecular complexity index is 4490. The van der Waals surface area contributed by atoms with Gasteiger partial charge in [0.2, 0.25) is 5.91 Å². The van der Waals surface area contributed by atoms with Gasteiger partial charge < -0.3 is 113 Å². The first-order chi connectivity index (χ1) is 53.7. The van der Waals surface area contributed by atoms with Crippen molar-refractivity contribution in [3.63, 3.8) is 0 Å². The summed E-state index contributed by atoms with van der Waals surface area (Å²) in [4.78, 5) is 66.1. The summed E-state index contributed by atoms with van der Waals surface area (Å²) in [6.45, 7) is -6.13. The van der Waals surface area contributed by atoms with E-state index in [2.05, 4.69) is 32.7 Å². The highest BCUT2D eigenvalue weighted by Crippen LogP contribution is 2.40. The standard InChI is InChI=1S/C53H77N5O51S7/c1-92-18-26-37(42(109-116(89,90)91)35(93-2)24(98-26)13-14-54-45(64)23(56-53(70)95-17-22-11-7-4-8-12-22)15-55-52(69)94-16-21-9-5-3-6-10-21)102-51-41(108-115(86,87)88)34(63)40(44(106-51)47(67)68)104-49-29(58-111(74,75)76)38(107-114(83,84)85)36(27(100-49)20-97-113(80,81)82)101-50-33(62)32(61)39(43(105-50)46(65)66)103-48-28(57-110(71,72)73)31(60)30(59)25(99-48)19-96-112(77,78)79/h3-12,23-44,48-51,57-63H,13-20H2,1-2H3,(H,54,64)(H,55,69)(H,56,70)(H,65,66)(H,67,68)(H,71,72,73)(H,74,75,76)(H,77,78,79)(H,80,81,82)(H,83,84,85)(H,86,87,88)(H,89,90,91)/t23-,24-,25-,26-,27-,28-,29-,30-,31-,32-,33-,34+,35+,36-,37-,38-,39+,40+,41-,42-,43+,44-,48-,49-,50-,51-/m1/s1. The molecule has 116 heavy (non-hydrogen) atoms. The average Bonchev–Trinajstić information content (AvgIpc) is 0.757. The maximum Gasteiger partial charge on any atom is 0.408 e. The van der Waals surface area contributed by atoms with Crippen LogP contribution in [-0.2, 0) is 183 Å². The lowest BCUT2D eigenvalue weighted by atomic mass is 9.92. The Hall–Kier alpha value is -6.16.